The molecule has 0 unspecified atom stereocenters. The Kier molecular flexibility index (Phi) is 4.73. The number of carbonyl (C=O) groups excluding carboxylic acids is 1. The van der Waals surface area contributed by atoms with Crippen LogP contribution in [0.5, 0.6) is 5.75 Å². The van der Waals surface area contributed by atoms with Crippen LogP contribution in [0.25, 0.3) is 0 Å². The first-order chi connectivity index (χ1) is 12.6. The zero-order chi connectivity index (χ0) is 19.9. The number of hydrogen-bond acceptors (Lipinski definition) is 4. The maximum atomic E-state index is 12.1. The van der Waals surface area contributed by atoms with Gasteiger partial charge in [-0.3, -0.25) is 5.32 Å². The van der Waals surface area contributed by atoms with E-state index in [1.807, 2.05) is 30.0 Å². The molecule has 1 heterocycles. The number of thiocarbonyl (C=S) groups is 1. The first kappa shape index (κ1) is 19.0. The fourth-order valence-corrected chi connectivity index (χ4v) is 3.92. The number of aryl methyl sites for hydroxylation is 1. The van der Waals surface area contributed by atoms with Crippen LogP contribution in [0.3, 0.4) is 0 Å². The van der Waals surface area contributed by atoms with Crippen molar-refractivity contribution in [2.75, 3.05) is 16.8 Å². The van der Waals surface area contributed by atoms with Gasteiger partial charge in [-0.2, -0.15) is 0 Å². The summed E-state index contributed by atoms with van der Waals surface area (Å²) in [6, 6.07) is 8.74. The van der Waals surface area contributed by atoms with Crippen LogP contribution in [-0.4, -0.2) is 22.8 Å². The molecule has 6 nitrogen and oxygen atoms in total. The van der Waals surface area contributed by atoms with Gasteiger partial charge in [0.15, 0.2) is 5.11 Å². The third-order valence-electron chi connectivity index (χ3n) is 4.98. The summed E-state index contributed by atoms with van der Waals surface area (Å²) in [7, 11) is 0. The van der Waals surface area contributed by atoms with Gasteiger partial charge >= 0.3 is 6.03 Å². The number of rotatable bonds is 2. The highest BCUT2D eigenvalue weighted by Crippen LogP contribution is 2.52. The van der Waals surface area contributed by atoms with Crippen molar-refractivity contribution >= 4 is 40.4 Å². The van der Waals surface area contributed by atoms with Crippen molar-refractivity contribution in [1.82, 2.24) is 5.32 Å². The molecule has 27 heavy (non-hydrogen) atoms. The third kappa shape index (κ3) is 3.42. The second-order valence-corrected chi connectivity index (χ2v) is 7.93. The largest absolute Gasteiger partial charge is 0.506 e. The first-order valence-corrected chi connectivity index (χ1v) is 9.10. The minimum absolute atomic E-state index is 0.0959. The Morgan fingerprint density at radius 2 is 1.96 bits per heavy atom. The van der Waals surface area contributed by atoms with Crippen LogP contribution in [0.4, 0.5) is 21.9 Å². The Balaban J connectivity index is 2.09. The topological polar surface area (TPSA) is 90.6 Å². The number of nitrogens with one attached hydrogen (secondary N) is 2. The fraction of sp³-hybridized carbons (Fsp3) is 0.300. The van der Waals surface area contributed by atoms with Gasteiger partial charge in [-0.1, -0.05) is 26.0 Å². The Hall–Kier alpha value is -2.80. The van der Waals surface area contributed by atoms with Gasteiger partial charge in [0, 0.05) is 12.0 Å². The van der Waals surface area contributed by atoms with Crippen molar-refractivity contribution < 1.29 is 9.90 Å². The summed E-state index contributed by atoms with van der Waals surface area (Å²) >= 11 is 4.72. The highest BCUT2D eigenvalue weighted by Gasteiger charge is 2.40. The number of para-hydroxylation sites is 2. The van der Waals surface area contributed by atoms with E-state index in [0.717, 1.165) is 22.5 Å². The summed E-state index contributed by atoms with van der Waals surface area (Å²) in [6.07, 6.45) is 0. The van der Waals surface area contributed by atoms with Crippen LogP contribution in [-0.2, 0) is 5.41 Å². The Morgan fingerprint density at radius 3 is 2.63 bits per heavy atom. The summed E-state index contributed by atoms with van der Waals surface area (Å²) in [5.74, 6) is 0.237. The average molecular weight is 385 g/mol. The SMILES string of the molecule is Cc1cc(O)c2c(c1C)C(C)(C)CN2c1ccccc1NC(=O)NC(N)=S. The van der Waals surface area contributed by atoms with Crippen molar-refractivity contribution in [1.29, 1.82) is 0 Å². The molecule has 142 valence electrons. The maximum Gasteiger partial charge on any atom is 0.325 e. The van der Waals surface area contributed by atoms with Gasteiger partial charge in [-0.25, -0.2) is 4.79 Å². The van der Waals surface area contributed by atoms with E-state index in [4.69, 9.17) is 18.0 Å². The monoisotopic (exact) mass is 384 g/mol. The molecule has 3 rings (SSSR count). The molecule has 1 aliphatic rings. The standard InChI is InChI=1S/C20H24N4O2S/c1-11-9-15(25)17-16(12(11)2)20(3,4)10-24(17)14-8-6-5-7-13(14)22-19(26)23-18(21)27/h5-9,25H,10H2,1-4H3,(H4,21,22,23,26,27). The number of carbonyl (C=O) groups is 1. The van der Waals surface area contributed by atoms with E-state index < -0.39 is 6.03 Å². The molecular weight excluding hydrogens is 360 g/mol. The summed E-state index contributed by atoms with van der Waals surface area (Å²) < 4.78 is 0. The predicted molar refractivity (Wildman–Crippen MR) is 113 cm³/mol. The van der Waals surface area contributed by atoms with Gasteiger partial charge in [0.2, 0.25) is 0 Å². The van der Waals surface area contributed by atoms with Crippen molar-refractivity contribution in [2.45, 2.75) is 33.1 Å². The van der Waals surface area contributed by atoms with Crippen molar-refractivity contribution in [3.05, 3.63) is 47.0 Å². The molecule has 2 amide bonds. The summed E-state index contributed by atoms with van der Waals surface area (Å²) in [6.45, 7) is 9.08. The minimum atomic E-state index is -0.502. The number of amides is 2. The van der Waals surface area contributed by atoms with Crippen LogP contribution >= 0.6 is 12.2 Å². The second kappa shape index (κ2) is 6.74. The second-order valence-electron chi connectivity index (χ2n) is 7.49. The zero-order valence-electron chi connectivity index (χ0n) is 15.9. The van der Waals surface area contributed by atoms with Gasteiger partial charge in [0.25, 0.3) is 0 Å². The molecule has 2 aromatic carbocycles. The molecule has 1 aliphatic heterocycles. The van der Waals surface area contributed by atoms with Gasteiger partial charge in [-0.05, 0) is 61.0 Å². The molecule has 0 bridgehead atoms. The third-order valence-corrected chi connectivity index (χ3v) is 5.08. The lowest BCUT2D eigenvalue weighted by Crippen LogP contribution is -2.38. The van der Waals surface area contributed by atoms with E-state index in [-0.39, 0.29) is 16.3 Å². The molecule has 0 aliphatic carbocycles. The van der Waals surface area contributed by atoms with E-state index in [0.29, 0.717) is 12.2 Å². The normalized spacial score (nSPS) is 14.6. The van der Waals surface area contributed by atoms with E-state index in [9.17, 15) is 9.90 Å². The van der Waals surface area contributed by atoms with Gasteiger partial charge in [0.05, 0.1) is 17.1 Å². The number of fused-ring (bicyclic) bond motifs is 1. The number of hydrogen-bond donors (Lipinski definition) is 4. The lowest BCUT2D eigenvalue weighted by atomic mass is 9.82. The number of nitrogens with zero attached hydrogens (tertiary/aromatic N) is 1. The number of anilines is 3. The molecule has 0 atom stereocenters. The highest BCUT2D eigenvalue weighted by molar-refractivity contribution is 7.80. The molecule has 5 N–H and O–H groups in total. The minimum Gasteiger partial charge on any atom is -0.506 e. The van der Waals surface area contributed by atoms with Crippen LogP contribution < -0.4 is 21.3 Å². The molecule has 0 fully saturated rings. The molecule has 2 aromatic rings. The number of nitrogens with two attached hydrogens (primary N) is 1. The quantitative estimate of drug-likeness (QED) is 0.591. The van der Waals surface area contributed by atoms with Gasteiger partial charge in [0.1, 0.15) is 5.75 Å². The van der Waals surface area contributed by atoms with Crippen LogP contribution in [0.1, 0.15) is 30.5 Å². The number of phenols is 1. The van der Waals surface area contributed by atoms with E-state index >= 15 is 0 Å². The Labute approximate surface area is 164 Å². The maximum absolute atomic E-state index is 12.1. The smallest absolute Gasteiger partial charge is 0.325 e. The lowest BCUT2D eigenvalue weighted by molar-refractivity contribution is 0.256. The number of benzene rings is 2. The summed E-state index contributed by atoms with van der Waals surface area (Å²) in [4.78, 5) is 14.1. The molecule has 0 spiro atoms. The van der Waals surface area contributed by atoms with Gasteiger partial charge < -0.3 is 21.1 Å². The number of phenolic OH excluding ortho intramolecular Hbond substituents is 1. The van der Waals surface area contributed by atoms with Crippen molar-refractivity contribution in [2.24, 2.45) is 5.73 Å². The molecule has 0 aromatic heterocycles. The number of urea groups is 1. The number of aromatic hydroxyl groups is 1. The molecule has 0 saturated carbocycles. The lowest BCUT2D eigenvalue weighted by Gasteiger charge is -2.25. The zero-order valence-corrected chi connectivity index (χ0v) is 16.7. The molecule has 0 saturated heterocycles. The fourth-order valence-electron chi connectivity index (χ4n) is 3.83. The van der Waals surface area contributed by atoms with Gasteiger partial charge in [-0.15, -0.1) is 0 Å². The summed E-state index contributed by atoms with van der Waals surface area (Å²) in [5.41, 5.74) is 10.8. The van der Waals surface area contributed by atoms with Crippen LogP contribution in [0, 0.1) is 13.8 Å². The predicted octanol–water partition coefficient (Wildman–Crippen LogP) is 3.80. The molecule has 0 radical (unpaired) electrons. The van der Waals surface area contributed by atoms with Crippen LogP contribution in [0.2, 0.25) is 0 Å². The van der Waals surface area contributed by atoms with Crippen molar-refractivity contribution in [3.63, 3.8) is 0 Å². The Morgan fingerprint density at radius 1 is 1.30 bits per heavy atom. The van der Waals surface area contributed by atoms with E-state index in [1.165, 1.54) is 5.56 Å². The molecular formula is C20H24N4O2S. The van der Waals surface area contributed by atoms with Crippen LogP contribution in [0.15, 0.2) is 30.3 Å². The highest BCUT2D eigenvalue weighted by atomic mass is 32.1. The van der Waals surface area contributed by atoms with E-state index in [1.54, 1.807) is 12.1 Å². The summed E-state index contributed by atoms with van der Waals surface area (Å²) in [5, 5.41) is 15.8. The van der Waals surface area contributed by atoms with Crippen molar-refractivity contribution in [3.8, 4) is 5.75 Å². The molecule has 7 heteroatoms. The first-order valence-electron chi connectivity index (χ1n) is 8.69. The van der Waals surface area contributed by atoms with E-state index in [2.05, 4.69) is 31.4 Å². The average Bonchev–Trinajstić information content (AvgIpc) is 2.84. The Bertz CT molecular complexity index is 940.